The van der Waals surface area contributed by atoms with Crippen molar-refractivity contribution in [1.82, 2.24) is 15.1 Å². The quantitative estimate of drug-likeness (QED) is 0.819. The molecule has 0 bridgehead atoms. The van der Waals surface area contributed by atoms with Crippen LogP contribution in [0.5, 0.6) is 0 Å². The maximum atomic E-state index is 12.3. The SMILES string of the molecule is CC(NCCN1CCCC1)C(=O)N1CCCCCC1. The van der Waals surface area contributed by atoms with Crippen LogP contribution in [0.3, 0.4) is 0 Å². The van der Waals surface area contributed by atoms with Crippen LogP contribution in [0.1, 0.15) is 45.4 Å². The number of amides is 1. The minimum atomic E-state index is -0.0271. The van der Waals surface area contributed by atoms with Crippen molar-refractivity contribution in [2.24, 2.45) is 0 Å². The minimum absolute atomic E-state index is 0.0271. The van der Waals surface area contributed by atoms with Crippen LogP contribution in [-0.4, -0.2) is 61.0 Å². The molecule has 1 N–H and O–H groups in total. The lowest BCUT2D eigenvalue weighted by Gasteiger charge is -2.25. The van der Waals surface area contributed by atoms with Gasteiger partial charge in [0, 0.05) is 26.2 Å². The topological polar surface area (TPSA) is 35.6 Å². The summed E-state index contributed by atoms with van der Waals surface area (Å²) in [6, 6.07) is -0.0271. The molecule has 1 unspecified atom stereocenters. The predicted molar refractivity (Wildman–Crippen MR) is 78.2 cm³/mol. The maximum absolute atomic E-state index is 12.3. The van der Waals surface area contributed by atoms with Gasteiger partial charge in [0.15, 0.2) is 0 Å². The Morgan fingerprint density at radius 1 is 1.00 bits per heavy atom. The molecule has 2 rings (SSSR count). The summed E-state index contributed by atoms with van der Waals surface area (Å²) in [5, 5.41) is 3.39. The molecular weight excluding hydrogens is 238 g/mol. The number of nitrogens with zero attached hydrogens (tertiary/aromatic N) is 2. The van der Waals surface area contributed by atoms with Crippen molar-refractivity contribution >= 4 is 5.91 Å². The Morgan fingerprint density at radius 3 is 2.21 bits per heavy atom. The second-order valence-corrected chi connectivity index (χ2v) is 5.96. The van der Waals surface area contributed by atoms with Crippen molar-refractivity contribution < 1.29 is 4.79 Å². The van der Waals surface area contributed by atoms with Crippen LogP contribution in [0.4, 0.5) is 0 Å². The fraction of sp³-hybridized carbons (Fsp3) is 0.933. The van der Waals surface area contributed by atoms with Crippen molar-refractivity contribution in [3.63, 3.8) is 0 Å². The van der Waals surface area contributed by atoms with E-state index in [0.29, 0.717) is 5.91 Å². The Labute approximate surface area is 117 Å². The molecule has 2 aliphatic heterocycles. The zero-order valence-electron chi connectivity index (χ0n) is 12.4. The number of carbonyl (C=O) groups is 1. The minimum Gasteiger partial charge on any atom is -0.341 e. The van der Waals surface area contributed by atoms with Gasteiger partial charge in [0.1, 0.15) is 0 Å². The Bertz CT molecular complexity index is 269. The number of likely N-dealkylation sites (tertiary alicyclic amines) is 2. The van der Waals surface area contributed by atoms with Crippen LogP contribution in [0.15, 0.2) is 0 Å². The lowest BCUT2D eigenvalue weighted by Crippen LogP contribution is -2.46. The Morgan fingerprint density at radius 2 is 1.58 bits per heavy atom. The average molecular weight is 267 g/mol. The molecule has 0 aliphatic carbocycles. The zero-order valence-corrected chi connectivity index (χ0v) is 12.4. The summed E-state index contributed by atoms with van der Waals surface area (Å²) >= 11 is 0. The molecule has 2 fully saturated rings. The van der Waals surface area contributed by atoms with Gasteiger partial charge in [0.05, 0.1) is 6.04 Å². The van der Waals surface area contributed by atoms with Crippen LogP contribution in [0, 0.1) is 0 Å². The normalized spacial score (nSPS) is 23.3. The Hall–Kier alpha value is -0.610. The summed E-state index contributed by atoms with van der Waals surface area (Å²) in [6.45, 7) is 8.40. The second kappa shape index (κ2) is 7.85. The van der Waals surface area contributed by atoms with Gasteiger partial charge in [-0.3, -0.25) is 4.79 Å². The first-order valence-corrected chi connectivity index (χ1v) is 8.02. The molecule has 2 heterocycles. The number of nitrogens with one attached hydrogen (secondary N) is 1. The van der Waals surface area contributed by atoms with Crippen molar-refractivity contribution in [2.45, 2.75) is 51.5 Å². The Kier molecular flexibility index (Phi) is 6.11. The molecule has 1 atom stereocenters. The third-order valence-electron chi connectivity index (χ3n) is 4.37. The number of carbonyl (C=O) groups excluding carboxylic acids is 1. The van der Waals surface area contributed by atoms with Crippen LogP contribution >= 0.6 is 0 Å². The lowest BCUT2D eigenvalue weighted by molar-refractivity contribution is -0.133. The molecule has 1 amide bonds. The van der Waals surface area contributed by atoms with Gasteiger partial charge in [-0.1, -0.05) is 12.8 Å². The summed E-state index contributed by atoms with van der Waals surface area (Å²) < 4.78 is 0. The van der Waals surface area contributed by atoms with Crippen LogP contribution in [-0.2, 0) is 4.79 Å². The van der Waals surface area contributed by atoms with E-state index in [4.69, 9.17) is 0 Å². The highest BCUT2D eigenvalue weighted by molar-refractivity contribution is 5.81. The molecule has 2 saturated heterocycles. The van der Waals surface area contributed by atoms with Gasteiger partial charge in [-0.15, -0.1) is 0 Å². The van der Waals surface area contributed by atoms with Crippen molar-refractivity contribution in [1.29, 1.82) is 0 Å². The van der Waals surface area contributed by atoms with Gasteiger partial charge in [0.25, 0.3) is 0 Å². The van der Waals surface area contributed by atoms with Gasteiger partial charge in [-0.2, -0.15) is 0 Å². The largest absolute Gasteiger partial charge is 0.341 e. The third-order valence-corrected chi connectivity index (χ3v) is 4.37. The lowest BCUT2D eigenvalue weighted by atomic mass is 10.2. The fourth-order valence-corrected chi connectivity index (χ4v) is 3.10. The molecule has 19 heavy (non-hydrogen) atoms. The number of rotatable bonds is 5. The van der Waals surface area contributed by atoms with E-state index in [2.05, 4.69) is 15.1 Å². The smallest absolute Gasteiger partial charge is 0.239 e. The van der Waals surface area contributed by atoms with Crippen LogP contribution < -0.4 is 5.32 Å². The van der Waals surface area contributed by atoms with Gasteiger partial charge in [-0.05, 0) is 45.7 Å². The molecule has 2 aliphatic rings. The highest BCUT2D eigenvalue weighted by Gasteiger charge is 2.21. The van der Waals surface area contributed by atoms with Gasteiger partial charge in [0.2, 0.25) is 5.91 Å². The van der Waals surface area contributed by atoms with Crippen molar-refractivity contribution in [3.05, 3.63) is 0 Å². The van der Waals surface area contributed by atoms with E-state index in [1.54, 1.807) is 0 Å². The van der Waals surface area contributed by atoms with E-state index in [9.17, 15) is 4.79 Å². The zero-order chi connectivity index (χ0) is 13.5. The first kappa shape index (κ1) is 14.8. The summed E-state index contributed by atoms with van der Waals surface area (Å²) in [5.74, 6) is 0.295. The molecule has 0 spiro atoms. The molecule has 110 valence electrons. The van der Waals surface area contributed by atoms with Gasteiger partial charge in [-0.25, -0.2) is 0 Å². The molecule has 0 aromatic carbocycles. The first-order chi connectivity index (χ1) is 9.27. The van der Waals surface area contributed by atoms with Crippen molar-refractivity contribution in [3.8, 4) is 0 Å². The molecule has 0 saturated carbocycles. The maximum Gasteiger partial charge on any atom is 0.239 e. The predicted octanol–water partition coefficient (Wildman–Crippen LogP) is 1.46. The van der Waals surface area contributed by atoms with E-state index in [1.165, 1.54) is 51.6 Å². The summed E-state index contributed by atoms with van der Waals surface area (Å²) in [4.78, 5) is 16.9. The highest BCUT2D eigenvalue weighted by atomic mass is 16.2. The molecule has 4 nitrogen and oxygen atoms in total. The Balaban J connectivity index is 1.65. The van der Waals surface area contributed by atoms with Gasteiger partial charge < -0.3 is 15.1 Å². The fourth-order valence-electron chi connectivity index (χ4n) is 3.10. The summed E-state index contributed by atoms with van der Waals surface area (Å²) in [7, 11) is 0. The van der Waals surface area contributed by atoms with E-state index in [1.807, 2.05) is 6.92 Å². The molecule has 0 radical (unpaired) electrons. The monoisotopic (exact) mass is 267 g/mol. The second-order valence-electron chi connectivity index (χ2n) is 5.96. The van der Waals surface area contributed by atoms with Crippen molar-refractivity contribution in [2.75, 3.05) is 39.3 Å². The molecular formula is C15H29N3O. The molecule has 0 aromatic rings. The van der Waals surface area contributed by atoms with Crippen LogP contribution in [0.2, 0.25) is 0 Å². The van der Waals surface area contributed by atoms with Gasteiger partial charge >= 0.3 is 0 Å². The van der Waals surface area contributed by atoms with E-state index in [-0.39, 0.29) is 6.04 Å². The molecule has 4 heteroatoms. The third kappa shape index (κ3) is 4.77. The number of hydrogen-bond acceptors (Lipinski definition) is 3. The van der Waals surface area contributed by atoms with E-state index < -0.39 is 0 Å². The standard InChI is InChI=1S/C15H29N3O/c1-14(16-8-13-17-9-6-7-10-17)15(19)18-11-4-2-3-5-12-18/h14,16H,2-13H2,1H3. The van der Waals surface area contributed by atoms with E-state index >= 15 is 0 Å². The average Bonchev–Trinajstić information content (AvgIpc) is 2.78. The highest BCUT2D eigenvalue weighted by Crippen LogP contribution is 2.11. The molecule has 0 aromatic heterocycles. The summed E-state index contributed by atoms with van der Waals surface area (Å²) in [6.07, 6.45) is 7.57. The summed E-state index contributed by atoms with van der Waals surface area (Å²) in [5.41, 5.74) is 0. The first-order valence-electron chi connectivity index (χ1n) is 8.02. The number of hydrogen-bond donors (Lipinski definition) is 1. The van der Waals surface area contributed by atoms with Crippen LogP contribution in [0.25, 0.3) is 0 Å². The van der Waals surface area contributed by atoms with E-state index in [0.717, 1.165) is 26.2 Å².